The molecule has 4 rings (SSSR count). The zero-order chi connectivity index (χ0) is 21.6. The second-order valence-corrected chi connectivity index (χ2v) is 8.30. The molecule has 2 aliphatic heterocycles. The Kier molecular flexibility index (Phi) is 5.24. The Hall–Kier alpha value is -2.57. The quantitative estimate of drug-likeness (QED) is 0.767. The lowest BCUT2D eigenvalue weighted by Gasteiger charge is -2.49. The van der Waals surface area contributed by atoms with E-state index in [0.29, 0.717) is 27.8 Å². The topological polar surface area (TPSA) is 69.7 Å². The summed E-state index contributed by atoms with van der Waals surface area (Å²) in [7, 11) is 0. The van der Waals surface area contributed by atoms with Gasteiger partial charge in [-0.3, -0.25) is 19.3 Å². The van der Waals surface area contributed by atoms with E-state index in [0.717, 1.165) is 5.56 Å². The van der Waals surface area contributed by atoms with Crippen molar-refractivity contribution in [2.45, 2.75) is 38.4 Å². The van der Waals surface area contributed by atoms with Gasteiger partial charge >= 0.3 is 0 Å². The van der Waals surface area contributed by atoms with Crippen LogP contribution < -0.4 is 10.2 Å². The van der Waals surface area contributed by atoms with Crippen molar-refractivity contribution in [1.82, 2.24) is 10.2 Å². The molecule has 0 saturated carbocycles. The first-order valence-electron chi connectivity index (χ1n) is 9.81. The number of amides is 3. The van der Waals surface area contributed by atoms with Gasteiger partial charge in [0.2, 0.25) is 11.6 Å². The van der Waals surface area contributed by atoms with E-state index in [2.05, 4.69) is 5.32 Å². The zero-order valence-corrected chi connectivity index (χ0v) is 18.1. The first kappa shape index (κ1) is 20.7. The molecule has 2 aromatic carbocycles. The lowest BCUT2D eigenvalue weighted by atomic mass is 9.95. The Morgan fingerprint density at radius 3 is 2.60 bits per heavy atom. The summed E-state index contributed by atoms with van der Waals surface area (Å²) in [5.74, 6) is -0.821. The van der Waals surface area contributed by atoms with Crippen LogP contribution in [0.2, 0.25) is 10.0 Å². The standard InChI is InChI=1S/C22H21Cl2N3O3/c1-3-26-20(29)15-6-4-5-7-18(15)27-19(28)10-11-22(26,27)21(30)25-13(2)14-8-9-16(23)17(24)12-14/h4-9,12-13H,3,10-11H2,1-2H3,(H,25,30). The number of rotatable bonds is 4. The maximum absolute atomic E-state index is 13.6. The summed E-state index contributed by atoms with van der Waals surface area (Å²) >= 11 is 12.1. The van der Waals surface area contributed by atoms with Crippen molar-refractivity contribution in [3.63, 3.8) is 0 Å². The number of nitrogens with zero attached hydrogens (tertiary/aromatic N) is 2. The number of carbonyl (C=O) groups is 3. The van der Waals surface area contributed by atoms with Crippen LogP contribution in [0.25, 0.3) is 0 Å². The third kappa shape index (κ3) is 2.97. The highest BCUT2D eigenvalue weighted by Gasteiger charge is 2.60. The third-order valence-corrected chi connectivity index (χ3v) is 6.58. The minimum Gasteiger partial charge on any atom is -0.346 e. The Balaban J connectivity index is 1.75. The van der Waals surface area contributed by atoms with E-state index in [9.17, 15) is 14.4 Å². The van der Waals surface area contributed by atoms with Crippen molar-refractivity contribution >= 4 is 46.6 Å². The van der Waals surface area contributed by atoms with Crippen LogP contribution >= 0.6 is 23.2 Å². The van der Waals surface area contributed by atoms with Gasteiger partial charge < -0.3 is 10.2 Å². The van der Waals surface area contributed by atoms with Crippen LogP contribution in [0.4, 0.5) is 5.69 Å². The van der Waals surface area contributed by atoms with E-state index in [4.69, 9.17) is 23.2 Å². The van der Waals surface area contributed by atoms with E-state index in [1.807, 2.05) is 13.8 Å². The van der Waals surface area contributed by atoms with Crippen LogP contribution in [0.5, 0.6) is 0 Å². The van der Waals surface area contributed by atoms with E-state index < -0.39 is 17.6 Å². The Morgan fingerprint density at radius 2 is 1.90 bits per heavy atom. The summed E-state index contributed by atoms with van der Waals surface area (Å²) in [6.45, 7) is 3.93. The molecule has 156 valence electrons. The molecular weight excluding hydrogens is 425 g/mol. The zero-order valence-electron chi connectivity index (χ0n) is 16.6. The monoisotopic (exact) mass is 445 g/mol. The van der Waals surface area contributed by atoms with E-state index in [-0.39, 0.29) is 24.7 Å². The van der Waals surface area contributed by atoms with Gasteiger partial charge in [-0.1, -0.05) is 41.4 Å². The maximum atomic E-state index is 13.6. The molecule has 2 aromatic rings. The normalized spacial score (nSPS) is 21.3. The second-order valence-electron chi connectivity index (χ2n) is 7.48. The smallest absolute Gasteiger partial charge is 0.267 e. The molecule has 3 amide bonds. The van der Waals surface area contributed by atoms with Gasteiger partial charge in [0, 0.05) is 19.4 Å². The molecule has 2 aliphatic rings. The number of hydrogen-bond donors (Lipinski definition) is 1. The van der Waals surface area contributed by atoms with Crippen LogP contribution in [0, 0.1) is 0 Å². The van der Waals surface area contributed by atoms with Crippen LogP contribution in [-0.2, 0) is 9.59 Å². The number of anilines is 1. The highest BCUT2D eigenvalue weighted by atomic mass is 35.5. The third-order valence-electron chi connectivity index (χ3n) is 5.84. The molecule has 30 heavy (non-hydrogen) atoms. The Morgan fingerprint density at radius 1 is 1.17 bits per heavy atom. The van der Waals surface area contributed by atoms with Crippen molar-refractivity contribution in [3.8, 4) is 0 Å². The van der Waals surface area contributed by atoms with Crippen LogP contribution in [0.15, 0.2) is 42.5 Å². The maximum Gasteiger partial charge on any atom is 0.267 e. The summed E-state index contributed by atoms with van der Waals surface area (Å²) in [5, 5.41) is 3.80. The molecule has 0 bridgehead atoms. The van der Waals surface area contributed by atoms with Crippen molar-refractivity contribution in [1.29, 1.82) is 0 Å². The van der Waals surface area contributed by atoms with Crippen molar-refractivity contribution in [3.05, 3.63) is 63.6 Å². The number of carbonyl (C=O) groups excluding carboxylic acids is 3. The molecule has 2 atom stereocenters. The van der Waals surface area contributed by atoms with Crippen molar-refractivity contribution in [2.75, 3.05) is 11.4 Å². The molecular formula is C22H21Cl2N3O3. The highest BCUT2D eigenvalue weighted by Crippen LogP contribution is 2.44. The molecule has 1 saturated heterocycles. The van der Waals surface area contributed by atoms with E-state index in [1.165, 1.54) is 9.80 Å². The molecule has 1 fully saturated rings. The van der Waals surface area contributed by atoms with Crippen LogP contribution in [-0.4, -0.2) is 34.8 Å². The Labute approximate surface area is 184 Å². The minimum absolute atomic E-state index is 0.175. The molecule has 0 aromatic heterocycles. The SMILES string of the molecule is CCN1C(=O)c2ccccc2N2C(=O)CCC12C(=O)NC(C)c1ccc(Cl)c(Cl)c1. The molecule has 2 unspecified atom stereocenters. The molecule has 0 spiro atoms. The number of benzene rings is 2. The lowest BCUT2D eigenvalue weighted by Crippen LogP contribution is -2.70. The van der Waals surface area contributed by atoms with Gasteiger partial charge in [-0.05, 0) is 43.7 Å². The van der Waals surface area contributed by atoms with Crippen molar-refractivity contribution in [2.24, 2.45) is 0 Å². The van der Waals surface area contributed by atoms with Gasteiger partial charge in [0.25, 0.3) is 11.8 Å². The predicted octanol–water partition coefficient (Wildman–Crippen LogP) is 4.17. The molecule has 8 heteroatoms. The first-order chi connectivity index (χ1) is 14.3. The molecule has 0 radical (unpaired) electrons. The fraction of sp³-hybridized carbons (Fsp3) is 0.318. The lowest BCUT2D eigenvalue weighted by molar-refractivity contribution is -0.134. The van der Waals surface area contributed by atoms with Gasteiger partial charge in [0.1, 0.15) is 0 Å². The largest absolute Gasteiger partial charge is 0.346 e. The fourth-order valence-electron chi connectivity index (χ4n) is 4.38. The average molecular weight is 446 g/mol. The first-order valence-corrected chi connectivity index (χ1v) is 10.6. The second kappa shape index (κ2) is 7.60. The summed E-state index contributed by atoms with van der Waals surface area (Å²) in [6.07, 6.45) is 0.423. The average Bonchev–Trinajstić information content (AvgIpc) is 3.08. The molecule has 6 nitrogen and oxygen atoms in total. The number of hydrogen-bond acceptors (Lipinski definition) is 3. The Bertz CT molecular complexity index is 1060. The fourth-order valence-corrected chi connectivity index (χ4v) is 4.69. The molecule has 1 N–H and O–H groups in total. The van der Waals surface area contributed by atoms with Gasteiger partial charge in [-0.2, -0.15) is 0 Å². The molecule has 0 aliphatic carbocycles. The predicted molar refractivity (Wildman–Crippen MR) is 116 cm³/mol. The number of para-hydroxylation sites is 1. The van der Waals surface area contributed by atoms with E-state index >= 15 is 0 Å². The highest BCUT2D eigenvalue weighted by molar-refractivity contribution is 6.42. The summed E-state index contributed by atoms with van der Waals surface area (Å²) in [5.41, 5.74) is 0.292. The van der Waals surface area contributed by atoms with E-state index in [1.54, 1.807) is 42.5 Å². The van der Waals surface area contributed by atoms with Gasteiger partial charge in [-0.15, -0.1) is 0 Å². The van der Waals surface area contributed by atoms with Gasteiger partial charge in [0.15, 0.2) is 0 Å². The number of likely N-dealkylation sites (N-methyl/N-ethyl adjacent to an activating group) is 1. The van der Waals surface area contributed by atoms with Crippen LogP contribution in [0.1, 0.15) is 48.7 Å². The molecule has 2 heterocycles. The number of fused-ring (bicyclic) bond motifs is 3. The van der Waals surface area contributed by atoms with Crippen LogP contribution in [0.3, 0.4) is 0 Å². The summed E-state index contributed by atoms with van der Waals surface area (Å²) < 4.78 is 0. The summed E-state index contributed by atoms with van der Waals surface area (Å²) in [4.78, 5) is 42.7. The number of nitrogens with one attached hydrogen (secondary N) is 1. The van der Waals surface area contributed by atoms with Crippen molar-refractivity contribution < 1.29 is 14.4 Å². The van der Waals surface area contributed by atoms with Gasteiger partial charge in [0.05, 0.1) is 27.3 Å². The van der Waals surface area contributed by atoms with Gasteiger partial charge in [-0.25, -0.2) is 0 Å². The minimum atomic E-state index is -1.39. The summed E-state index contributed by atoms with van der Waals surface area (Å²) in [6, 6.07) is 11.7. The number of halogens is 2.